The Balaban J connectivity index is 2.73. The van der Waals surface area contributed by atoms with Crippen LogP contribution in [0.15, 0.2) is 0 Å². The fraction of sp³-hybridized carbons (Fsp3) is 0.429. The molecule has 0 aliphatic heterocycles. The van der Waals surface area contributed by atoms with Gasteiger partial charge in [-0.05, 0) is 13.3 Å². The van der Waals surface area contributed by atoms with Crippen molar-refractivity contribution in [2.45, 2.75) is 20.3 Å². The second kappa shape index (κ2) is 2.75. The third kappa shape index (κ3) is 1.06. The Labute approximate surface area is 74.0 Å². The van der Waals surface area contributed by atoms with Crippen LogP contribution in [0.3, 0.4) is 0 Å². The van der Waals surface area contributed by atoms with E-state index in [-0.39, 0.29) is 0 Å². The molecule has 0 radical (unpaired) electrons. The first-order valence-electron chi connectivity index (χ1n) is 3.77. The summed E-state index contributed by atoms with van der Waals surface area (Å²) in [6.07, 6.45) is 0.895. The maximum Gasteiger partial charge on any atom is 0.212 e. The van der Waals surface area contributed by atoms with Crippen molar-refractivity contribution in [2.75, 3.05) is 0 Å². The summed E-state index contributed by atoms with van der Waals surface area (Å²) in [5.41, 5.74) is 3.30. The summed E-state index contributed by atoms with van der Waals surface area (Å²) in [5.74, 6) is 0. The lowest BCUT2D eigenvalue weighted by atomic mass is 10.3. The number of rotatable bonds is 1. The lowest BCUT2D eigenvalue weighted by Crippen LogP contribution is -1.96. The topological polar surface area (TPSA) is 51.6 Å². The van der Waals surface area contributed by atoms with Gasteiger partial charge < -0.3 is 0 Å². The number of aryl methyl sites for hydroxylation is 2. The molecule has 2 heterocycles. The molecule has 0 spiro atoms. The molecule has 0 aromatic carbocycles. The average molecular weight is 180 g/mol. The minimum absolute atomic E-state index is 0.662. The van der Waals surface area contributed by atoms with Crippen LogP contribution in [0, 0.1) is 6.92 Å². The largest absolute Gasteiger partial charge is 0.228 e. The summed E-state index contributed by atoms with van der Waals surface area (Å²) in [4.78, 5) is 8.61. The Morgan fingerprint density at radius 2 is 1.83 bits per heavy atom. The predicted octanol–water partition coefficient (Wildman–Crippen LogP) is 1.35. The smallest absolute Gasteiger partial charge is 0.212 e. The zero-order valence-corrected chi connectivity index (χ0v) is 7.72. The van der Waals surface area contributed by atoms with Gasteiger partial charge in [0.15, 0.2) is 0 Å². The van der Waals surface area contributed by atoms with Gasteiger partial charge >= 0.3 is 0 Å². The van der Waals surface area contributed by atoms with Gasteiger partial charge in [0, 0.05) is 0 Å². The first-order chi connectivity index (χ1) is 5.81. The second-order valence-electron chi connectivity index (χ2n) is 2.52. The Kier molecular flexibility index (Phi) is 1.73. The van der Waals surface area contributed by atoms with Gasteiger partial charge in [0.2, 0.25) is 11.3 Å². The third-order valence-corrected chi connectivity index (χ3v) is 2.23. The molecule has 4 nitrogen and oxygen atoms in total. The van der Waals surface area contributed by atoms with Gasteiger partial charge in [0.25, 0.3) is 0 Å². The fourth-order valence-electron chi connectivity index (χ4n) is 1.09. The highest BCUT2D eigenvalue weighted by atomic mass is 32.1. The molecule has 0 aliphatic carbocycles. The number of hydrogen-bond donors (Lipinski definition) is 0. The van der Waals surface area contributed by atoms with Crippen molar-refractivity contribution in [1.82, 2.24) is 18.7 Å². The Morgan fingerprint density at radius 3 is 2.50 bits per heavy atom. The van der Waals surface area contributed by atoms with Gasteiger partial charge in [-0.25, -0.2) is 9.97 Å². The van der Waals surface area contributed by atoms with Crippen LogP contribution in [-0.4, -0.2) is 18.7 Å². The van der Waals surface area contributed by atoms with E-state index in [0.717, 1.165) is 29.5 Å². The SMILES string of the molecule is CCc1nc2nsnc2nc1C. The normalized spacial score (nSPS) is 10.8. The molecule has 0 N–H and O–H groups in total. The second-order valence-corrected chi connectivity index (χ2v) is 3.05. The van der Waals surface area contributed by atoms with Crippen LogP contribution in [0.4, 0.5) is 0 Å². The van der Waals surface area contributed by atoms with Crippen LogP contribution in [0.5, 0.6) is 0 Å². The molecule has 0 bridgehead atoms. The first kappa shape index (κ1) is 7.54. The van der Waals surface area contributed by atoms with Crippen LogP contribution in [0.25, 0.3) is 11.3 Å². The summed E-state index contributed by atoms with van der Waals surface area (Å²) in [5, 5.41) is 0. The van der Waals surface area contributed by atoms with Gasteiger partial charge in [0.05, 0.1) is 23.1 Å². The summed E-state index contributed by atoms with van der Waals surface area (Å²) >= 11 is 1.16. The standard InChI is InChI=1S/C7H8N4S/c1-3-5-4(2)8-6-7(9-5)11-12-10-6/h3H2,1-2H3. The minimum Gasteiger partial charge on any atom is -0.228 e. The average Bonchev–Trinajstić information content (AvgIpc) is 2.49. The van der Waals surface area contributed by atoms with Crippen molar-refractivity contribution in [1.29, 1.82) is 0 Å². The first-order valence-corrected chi connectivity index (χ1v) is 4.50. The van der Waals surface area contributed by atoms with E-state index in [1.54, 1.807) is 0 Å². The number of fused-ring (bicyclic) bond motifs is 1. The highest BCUT2D eigenvalue weighted by molar-refractivity contribution is 6.99. The molecule has 5 heteroatoms. The molecule has 0 saturated heterocycles. The molecular formula is C7H8N4S. The van der Waals surface area contributed by atoms with Gasteiger partial charge in [-0.3, -0.25) is 0 Å². The van der Waals surface area contributed by atoms with Crippen molar-refractivity contribution < 1.29 is 0 Å². The van der Waals surface area contributed by atoms with Crippen molar-refractivity contribution >= 4 is 23.0 Å². The lowest BCUT2D eigenvalue weighted by Gasteiger charge is -1.97. The molecular weight excluding hydrogens is 172 g/mol. The van der Waals surface area contributed by atoms with Crippen molar-refractivity contribution in [3.05, 3.63) is 11.4 Å². The molecule has 0 atom stereocenters. The van der Waals surface area contributed by atoms with E-state index in [1.165, 1.54) is 0 Å². The van der Waals surface area contributed by atoms with E-state index < -0.39 is 0 Å². The fourth-order valence-corrected chi connectivity index (χ4v) is 1.53. The van der Waals surface area contributed by atoms with Crippen LogP contribution in [0.1, 0.15) is 18.3 Å². The summed E-state index contributed by atoms with van der Waals surface area (Å²) in [6.45, 7) is 4.01. The van der Waals surface area contributed by atoms with Gasteiger partial charge in [-0.1, -0.05) is 6.92 Å². The highest BCUT2D eigenvalue weighted by Gasteiger charge is 2.05. The number of hydrogen-bond acceptors (Lipinski definition) is 5. The molecule has 0 fully saturated rings. The van der Waals surface area contributed by atoms with E-state index in [2.05, 4.69) is 25.6 Å². The van der Waals surface area contributed by atoms with E-state index >= 15 is 0 Å². The maximum absolute atomic E-state index is 4.33. The van der Waals surface area contributed by atoms with E-state index in [4.69, 9.17) is 0 Å². The monoisotopic (exact) mass is 180 g/mol. The summed E-state index contributed by atoms with van der Waals surface area (Å²) in [6, 6.07) is 0. The zero-order valence-electron chi connectivity index (χ0n) is 6.90. The molecule has 62 valence electrons. The molecule has 2 rings (SSSR count). The molecule has 12 heavy (non-hydrogen) atoms. The molecule has 0 amide bonds. The summed E-state index contributed by atoms with van der Waals surface area (Å²) < 4.78 is 8.04. The maximum atomic E-state index is 4.33. The van der Waals surface area contributed by atoms with E-state index in [9.17, 15) is 0 Å². The van der Waals surface area contributed by atoms with Crippen LogP contribution < -0.4 is 0 Å². The van der Waals surface area contributed by atoms with Gasteiger partial charge in [-0.15, -0.1) is 0 Å². The van der Waals surface area contributed by atoms with E-state index in [0.29, 0.717) is 11.3 Å². The van der Waals surface area contributed by atoms with Crippen molar-refractivity contribution in [2.24, 2.45) is 0 Å². The van der Waals surface area contributed by atoms with Crippen LogP contribution in [-0.2, 0) is 6.42 Å². The van der Waals surface area contributed by atoms with E-state index in [1.807, 2.05) is 6.92 Å². The third-order valence-electron chi connectivity index (χ3n) is 1.72. The van der Waals surface area contributed by atoms with Crippen LogP contribution >= 0.6 is 11.7 Å². The highest BCUT2D eigenvalue weighted by Crippen LogP contribution is 2.10. The Bertz CT molecular complexity index is 409. The lowest BCUT2D eigenvalue weighted by molar-refractivity contribution is 0.982. The van der Waals surface area contributed by atoms with Crippen molar-refractivity contribution in [3.8, 4) is 0 Å². The van der Waals surface area contributed by atoms with Gasteiger partial charge in [-0.2, -0.15) is 8.75 Å². The van der Waals surface area contributed by atoms with Gasteiger partial charge in [0.1, 0.15) is 0 Å². The minimum atomic E-state index is 0.662. The Hall–Kier alpha value is -1.10. The number of aromatic nitrogens is 4. The molecule has 0 unspecified atom stereocenters. The Morgan fingerprint density at radius 1 is 1.17 bits per heavy atom. The summed E-state index contributed by atoms with van der Waals surface area (Å²) in [7, 11) is 0. The molecule has 0 aliphatic rings. The van der Waals surface area contributed by atoms with Crippen molar-refractivity contribution in [3.63, 3.8) is 0 Å². The predicted molar refractivity (Wildman–Crippen MR) is 47.1 cm³/mol. The molecule has 2 aromatic heterocycles. The zero-order chi connectivity index (χ0) is 8.55. The quantitative estimate of drug-likeness (QED) is 0.664. The number of nitrogens with zero attached hydrogens (tertiary/aromatic N) is 4. The molecule has 0 saturated carbocycles. The van der Waals surface area contributed by atoms with Crippen LogP contribution in [0.2, 0.25) is 0 Å². The molecule has 2 aromatic rings.